The summed E-state index contributed by atoms with van der Waals surface area (Å²) in [7, 11) is 1.61. The zero-order valence-electron chi connectivity index (χ0n) is 13.7. The third-order valence-corrected chi connectivity index (χ3v) is 2.56. The maximum atomic E-state index is 11.4. The Morgan fingerprint density at radius 2 is 1.82 bits per heavy atom. The molecule has 0 aliphatic rings. The molecule has 22 heavy (non-hydrogen) atoms. The van der Waals surface area contributed by atoms with Gasteiger partial charge in [-0.15, -0.1) is 0 Å². The molecule has 0 heterocycles. The Kier molecular flexibility index (Phi) is 9.16. The van der Waals surface area contributed by atoms with Crippen LogP contribution in [0.25, 0.3) is 0 Å². The summed E-state index contributed by atoms with van der Waals surface area (Å²) >= 11 is 0. The first-order chi connectivity index (χ1) is 10.2. The zero-order chi connectivity index (χ0) is 17.2. The first kappa shape index (κ1) is 20.2. The lowest BCUT2D eigenvalue weighted by Gasteiger charge is -2.19. The van der Waals surface area contributed by atoms with E-state index >= 15 is 0 Å². The van der Waals surface area contributed by atoms with Gasteiger partial charge >= 0.3 is 12.1 Å². The number of hydrogen-bond donors (Lipinski definition) is 4. The van der Waals surface area contributed by atoms with Gasteiger partial charge in [0.15, 0.2) is 0 Å². The monoisotopic (exact) mass is 317 g/mol. The first-order valence-corrected chi connectivity index (χ1v) is 7.29. The van der Waals surface area contributed by atoms with Crippen molar-refractivity contribution in [1.29, 1.82) is 0 Å². The number of likely N-dealkylation sites (N-methyl/N-ethyl adjacent to an activating group) is 1. The average Bonchev–Trinajstić information content (AvgIpc) is 2.34. The number of alkyl carbamates (subject to hydrolysis) is 1. The fourth-order valence-corrected chi connectivity index (χ4v) is 1.64. The topological polar surface area (TPSA) is 117 Å². The molecule has 2 amide bonds. The molecule has 8 heteroatoms. The van der Waals surface area contributed by atoms with E-state index in [4.69, 9.17) is 9.84 Å². The second-order valence-electron chi connectivity index (χ2n) is 5.91. The van der Waals surface area contributed by atoms with E-state index < -0.39 is 23.7 Å². The minimum Gasteiger partial charge on any atom is -0.480 e. The van der Waals surface area contributed by atoms with Gasteiger partial charge in [-0.25, -0.2) is 9.59 Å². The number of carbonyl (C=O) groups is 3. The number of nitrogens with one attached hydrogen (secondary N) is 3. The molecule has 0 saturated heterocycles. The smallest absolute Gasteiger partial charge is 0.407 e. The molecule has 0 radical (unpaired) electrons. The summed E-state index contributed by atoms with van der Waals surface area (Å²) in [5.41, 5.74) is -0.546. The van der Waals surface area contributed by atoms with Gasteiger partial charge in [-0.1, -0.05) is 0 Å². The summed E-state index contributed by atoms with van der Waals surface area (Å²) in [5.74, 6) is -1.42. The number of rotatable bonds is 9. The lowest BCUT2D eigenvalue weighted by molar-refractivity contribution is -0.141. The van der Waals surface area contributed by atoms with Crippen LogP contribution in [0.3, 0.4) is 0 Å². The molecular weight excluding hydrogens is 290 g/mol. The SMILES string of the molecule is CNCC(=O)N[C@H](CCCCNC(=O)OC(C)(C)C)C(=O)O. The zero-order valence-corrected chi connectivity index (χ0v) is 13.7. The van der Waals surface area contributed by atoms with E-state index in [0.29, 0.717) is 25.8 Å². The predicted molar refractivity (Wildman–Crippen MR) is 81.6 cm³/mol. The van der Waals surface area contributed by atoms with E-state index in [1.54, 1.807) is 27.8 Å². The number of carboxylic acids is 1. The van der Waals surface area contributed by atoms with Crippen molar-refractivity contribution in [3.8, 4) is 0 Å². The summed E-state index contributed by atoms with van der Waals surface area (Å²) in [6.07, 6.45) is 0.975. The van der Waals surface area contributed by atoms with Crippen molar-refractivity contribution in [2.45, 2.75) is 51.7 Å². The largest absolute Gasteiger partial charge is 0.480 e. The highest BCUT2D eigenvalue weighted by Crippen LogP contribution is 2.06. The Hall–Kier alpha value is -1.83. The second kappa shape index (κ2) is 9.99. The van der Waals surface area contributed by atoms with E-state index in [1.165, 1.54) is 0 Å². The summed E-state index contributed by atoms with van der Waals surface area (Å²) in [4.78, 5) is 33.8. The molecule has 8 nitrogen and oxygen atoms in total. The molecule has 0 aliphatic heterocycles. The Balaban J connectivity index is 3.93. The molecule has 4 N–H and O–H groups in total. The van der Waals surface area contributed by atoms with Crippen molar-refractivity contribution in [1.82, 2.24) is 16.0 Å². The predicted octanol–water partition coefficient (Wildman–Crippen LogP) is 0.470. The van der Waals surface area contributed by atoms with Crippen molar-refractivity contribution < 1.29 is 24.2 Å². The molecule has 0 rings (SSSR count). The molecule has 0 aromatic carbocycles. The third-order valence-electron chi connectivity index (χ3n) is 2.56. The molecule has 128 valence electrons. The van der Waals surface area contributed by atoms with Crippen molar-refractivity contribution >= 4 is 18.0 Å². The van der Waals surface area contributed by atoms with Crippen LogP contribution in [-0.4, -0.2) is 54.9 Å². The Labute approximate surface area is 131 Å². The van der Waals surface area contributed by atoms with Crippen LogP contribution in [0.4, 0.5) is 4.79 Å². The summed E-state index contributed by atoms with van der Waals surface area (Å²) in [6, 6.07) is -0.914. The number of carboxylic acid groups (broad SMARTS) is 1. The molecule has 1 atom stereocenters. The van der Waals surface area contributed by atoms with Crippen molar-refractivity contribution in [2.24, 2.45) is 0 Å². The molecule has 0 aromatic heterocycles. The molecule has 0 bridgehead atoms. The van der Waals surface area contributed by atoms with Crippen LogP contribution < -0.4 is 16.0 Å². The third kappa shape index (κ3) is 10.9. The highest BCUT2D eigenvalue weighted by atomic mass is 16.6. The normalized spacial score (nSPS) is 12.4. The maximum absolute atomic E-state index is 11.4. The second-order valence-corrected chi connectivity index (χ2v) is 5.91. The Morgan fingerprint density at radius 3 is 2.32 bits per heavy atom. The fraction of sp³-hybridized carbons (Fsp3) is 0.786. The van der Waals surface area contributed by atoms with Crippen molar-refractivity contribution in [3.05, 3.63) is 0 Å². The van der Waals surface area contributed by atoms with Crippen LogP contribution in [0.2, 0.25) is 0 Å². The number of hydrogen-bond acceptors (Lipinski definition) is 5. The van der Waals surface area contributed by atoms with Gasteiger partial charge < -0.3 is 25.8 Å². The molecule has 0 aromatic rings. The van der Waals surface area contributed by atoms with E-state index in [9.17, 15) is 14.4 Å². The van der Waals surface area contributed by atoms with Gasteiger partial charge in [0.2, 0.25) is 5.91 Å². The summed E-state index contributed by atoms with van der Waals surface area (Å²) < 4.78 is 5.08. The van der Waals surface area contributed by atoms with Crippen molar-refractivity contribution in [3.63, 3.8) is 0 Å². The molecule has 0 saturated carbocycles. The summed E-state index contributed by atoms with van der Waals surface area (Å²) in [5, 5.41) is 16.7. The quantitative estimate of drug-likeness (QED) is 0.459. The number of ether oxygens (including phenoxy) is 1. The van der Waals surface area contributed by atoms with Crippen LogP contribution in [0.15, 0.2) is 0 Å². The summed E-state index contributed by atoms with van der Waals surface area (Å²) in [6.45, 7) is 5.79. The number of amides is 2. The van der Waals surface area contributed by atoms with Gasteiger partial charge in [0, 0.05) is 6.54 Å². The van der Waals surface area contributed by atoms with Crippen LogP contribution in [0.1, 0.15) is 40.0 Å². The highest BCUT2D eigenvalue weighted by Gasteiger charge is 2.19. The van der Waals surface area contributed by atoms with Gasteiger partial charge in [-0.3, -0.25) is 4.79 Å². The maximum Gasteiger partial charge on any atom is 0.407 e. The van der Waals surface area contributed by atoms with Crippen molar-refractivity contribution in [2.75, 3.05) is 20.1 Å². The van der Waals surface area contributed by atoms with Crippen LogP contribution in [-0.2, 0) is 14.3 Å². The van der Waals surface area contributed by atoms with Crippen LogP contribution in [0, 0.1) is 0 Å². The highest BCUT2D eigenvalue weighted by molar-refractivity contribution is 5.84. The van der Waals surface area contributed by atoms with E-state index in [1.807, 2.05) is 0 Å². The van der Waals surface area contributed by atoms with Gasteiger partial charge in [0.05, 0.1) is 6.54 Å². The van der Waals surface area contributed by atoms with Gasteiger partial charge in [0.1, 0.15) is 11.6 Å². The first-order valence-electron chi connectivity index (χ1n) is 7.29. The van der Waals surface area contributed by atoms with E-state index in [0.717, 1.165) is 0 Å². The average molecular weight is 317 g/mol. The Morgan fingerprint density at radius 1 is 1.18 bits per heavy atom. The minimum absolute atomic E-state index is 0.0734. The lowest BCUT2D eigenvalue weighted by Crippen LogP contribution is -2.44. The fourth-order valence-electron chi connectivity index (χ4n) is 1.64. The van der Waals surface area contributed by atoms with E-state index in [-0.39, 0.29) is 12.5 Å². The standard InChI is InChI=1S/C14H27N3O5/c1-14(2,3)22-13(21)16-8-6-5-7-10(12(19)20)17-11(18)9-15-4/h10,15H,5-9H2,1-4H3,(H,16,21)(H,17,18)(H,19,20)/t10-/m1/s1. The number of carbonyl (C=O) groups excluding carboxylic acids is 2. The van der Waals surface area contributed by atoms with Gasteiger partial charge in [-0.05, 0) is 47.1 Å². The van der Waals surface area contributed by atoms with E-state index in [2.05, 4.69) is 16.0 Å². The number of aliphatic carboxylic acids is 1. The van der Waals surface area contributed by atoms with Crippen LogP contribution in [0.5, 0.6) is 0 Å². The minimum atomic E-state index is -1.07. The Bertz CT molecular complexity index is 379. The molecule has 0 spiro atoms. The van der Waals surface area contributed by atoms with Gasteiger partial charge in [-0.2, -0.15) is 0 Å². The molecule has 0 fully saturated rings. The molecule has 0 unspecified atom stereocenters. The lowest BCUT2D eigenvalue weighted by atomic mass is 10.1. The molecular formula is C14H27N3O5. The van der Waals surface area contributed by atoms with Gasteiger partial charge in [0.25, 0.3) is 0 Å². The number of unbranched alkanes of at least 4 members (excludes halogenated alkanes) is 1. The molecule has 0 aliphatic carbocycles. The van der Waals surface area contributed by atoms with Crippen LogP contribution >= 0.6 is 0 Å².